The molecule has 0 fully saturated rings. The number of carbonyl (C=O) groups is 1. The molecule has 162 valence electrons. The summed E-state index contributed by atoms with van der Waals surface area (Å²) in [6.07, 6.45) is -4.47. The molecule has 2 aromatic rings. The summed E-state index contributed by atoms with van der Waals surface area (Å²) in [5, 5.41) is 2.15. The predicted molar refractivity (Wildman–Crippen MR) is 88.9 cm³/mol. The van der Waals surface area contributed by atoms with E-state index in [1.165, 1.54) is 6.07 Å². The van der Waals surface area contributed by atoms with Crippen molar-refractivity contribution < 1.29 is 40.3 Å². The number of aliphatic imine (C=N–C) groups is 1. The minimum Gasteiger partial charge on any atom is -0.459 e. The number of nitrogens with two attached hydrogens (primary N) is 1. The number of hydrogen-bond acceptors (Lipinski definition) is 6. The largest absolute Gasteiger partial charge is 0.459 e. The molecule has 1 amide bonds. The van der Waals surface area contributed by atoms with E-state index in [1.807, 2.05) is 0 Å². The summed E-state index contributed by atoms with van der Waals surface area (Å²) in [5.74, 6) is -7.42. The summed E-state index contributed by atoms with van der Waals surface area (Å²) in [4.78, 5) is 18.8. The van der Waals surface area contributed by atoms with Crippen molar-refractivity contribution in [2.75, 3.05) is 6.61 Å². The van der Waals surface area contributed by atoms with Crippen LogP contribution in [0.4, 0.5) is 26.3 Å². The van der Waals surface area contributed by atoms with Gasteiger partial charge in [0, 0.05) is 12.1 Å². The maximum atomic E-state index is 14.4. The lowest BCUT2D eigenvalue weighted by atomic mass is 9.84. The summed E-state index contributed by atoms with van der Waals surface area (Å²) in [6.45, 7) is -0.562. The maximum absolute atomic E-state index is 14.4. The number of halogens is 6. The molecule has 0 spiro atoms. The van der Waals surface area contributed by atoms with Gasteiger partial charge in [0.05, 0.1) is 0 Å². The van der Waals surface area contributed by atoms with E-state index in [-0.39, 0.29) is 5.56 Å². The molecule has 0 radical (unpaired) electrons. The zero-order valence-electron chi connectivity index (χ0n) is 15.2. The van der Waals surface area contributed by atoms with Gasteiger partial charge in [-0.2, -0.15) is 22.0 Å². The monoisotopic (exact) mass is 436 g/mol. The predicted octanol–water partition coefficient (Wildman–Crippen LogP) is 2.96. The fourth-order valence-corrected chi connectivity index (χ4v) is 2.83. The van der Waals surface area contributed by atoms with E-state index in [2.05, 4.69) is 24.4 Å². The quantitative estimate of drug-likeness (QED) is 0.718. The van der Waals surface area contributed by atoms with Gasteiger partial charge in [0.25, 0.3) is 11.9 Å². The van der Waals surface area contributed by atoms with Crippen LogP contribution < -0.4 is 11.1 Å². The lowest BCUT2D eigenvalue weighted by molar-refractivity contribution is -0.153. The van der Waals surface area contributed by atoms with Crippen LogP contribution in [-0.4, -0.2) is 29.4 Å². The number of alkyl halides is 5. The van der Waals surface area contributed by atoms with Gasteiger partial charge in [-0.1, -0.05) is 6.07 Å². The number of aromatic nitrogens is 1. The second kappa shape index (κ2) is 7.22. The molecule has 0 saturated carbocycles. The second-order valence-corrected chi connectivity index (χ2v) is 6.54. The topological polar surface area (TPSA) is 103 Å². The first-order valence-corrected chi connectivity index (χ1v) is 8.29. The van der Waals surface area contributed by atoms with Crippen LogP contribution in [-0.2, 0) is 23.0 Å². The molecule has 0 aliphatic carbocycles. The van der Waals surface area contributed by atoms with E-state index in [9.17, 15) is 31.1 Å². The molecule has 0 saturated heterocycles. The standard InChI is InChI=1S/C17H14F6N4O3/c1-15(16(19,20)6-29-14(24)27-15)9-4-8(2-3-10(9)18)5-25-13(28)11-12(17(21,22)23)30-7-26-11/h2-4,7H,5-6H2,1H3,(H2,24,27)(H,25,28)/t15-/m1/s1. The first kappa shape index (κ1) is 21.5. The molecule has 1 aliphatic heterocycles. The number of amides is 1. The highest BCUT2D eigenvalue weighted by molar-refractivity contribution is 5.93. The highest BCUT2D eigenvalue weighted by Gasteiger charge is 2.56. The smallest absolute Gasteiger partial charge is 0.452 e. The fraction of sp³-hybridized carbons (Fsp3) is 0.353. The minimum absolute atomic E-state index is 0.120. The van der Waals surface area contributed by atoms with Gasteiger partial charge in [0.15, 0.2) is 24.2 Å². The normalized spacial score (nSPS) is 21.0. The van der Waals surface area contributed by atoms with Gasteiger partial charge in [0.2, 0.25) is 5.76 Å². The van der Waals surface area contributed by atoms with E-state index in [4.69, 9.17) is 5.73 Å². The van der Waals surface area contributed by atoms with Crippen LogP contribution >= 0.6 is 0 Å². The Bertz CT molecular complexity index is 1000. The Balaban J connectivity index is 1.86. The van der Waals surface area contributed by atoms with Crippen molar-refractivity contribution in [3.63, 3.8) is 0 Å². The van der Waals surface area contributed by atoms with Crippen LogP contribution in [0.15, 0.2) is 34.0 Å². The third-order valence-corrected chi connectivity index (χ3v) is 4.50. The Morgan fingerprint density at radius 3 is 2.70 bits per heavy atom. The first-order valence-electron chi connectivity index (χ1n) is 8.29. The number of ether oxygens (including phenoxy) is 1. The molecule has 1 aliphatic rings. The van der Waals surface area contributed by atoms with Gasteiger partial charge in [-0.05, 0) is 24.6 Å². The summed E-state index contributed by atoms with van der Waals surface area (Å²) < 4.78 is 90.3. The van der Waals surface area contributed by atoms with Crippen molar-refractivity contribution in [3.05, 3.63) is 53.0 Å². The van der Waals surface area contributed by atoms with Crippen LogP contribution in [0.25, 0.3) is 0 Å². The third kappa shape index (κ3) is 3.78. The Labute approximate surface area is 164 Å². The first-order chi connectivity index (χ1) is 13.8. The Morgan fingerprint density at radius 1 is 1.33 bits per heavy atom. The van der Waals surface area contributed by atoms with Gasteiger partial charge in [-0.15, -0.1) is 0 Å². The average Bonchev–Trinajstić information content (AvgIpc) is 3.15. The van der Waals surface area contributed by atoms with Crippen molar-refractivity contribution in [3.8, 4) is 0 Å². The summed E-state index contributed by atoms with van der Waals surface area (Å²) in [5.41, 5.74) is 1.57. The molecule has 1 aromatic heterocycles. The minimum atomic E-state index is -4.94. The van der Waals surface area contributed by atoms with Crippen molar-refractivity contribution >= 4 is 11.9 Å². The van der Waals surface area contributed by atoms with Gasteiger partial charge in [-0.25, -0.2) is 14.4 Å². The van der Waals surface area contributed by atoms with E-state index in [0.29, 0.717) is 6.39 Å². The van der Waals surface area contributed by atoms with Crippen LogP contribution in [0.3, 0.4) is 0 Å². The highest BCUT2D eigenvalue weighted by atomic mass is 19.4. The van der Waals surface area contributed by atoms with Crippen molar-refractivity contribution in [2.45, 2.75) is 31.1 Å². The lowest BCUT2D eigenvalue weighted by Crippen LogP contribution is -2.51. The van der Waals surface area contributed by atoms with E-state index >= 15 is 0 Å². The van der Waals surface area contributed by atoms with Gasteiger partial charge < -0.3 is 20.2 Å². The number of hydrogen-bond donors (Lipinski definition) is 2. The molecule has 13 heteroatoms. The van der Waals surface area contributed by atoms with Crippen molar-refractivity contribution in [1.29, 1.82) is 0 Å². The van der Waals surface area contributed by atoms with Crippen LogP contribution in [0.2, 0.25) is 0 Å². The van der Waals surface area contributed by atoms with Crippen molar-refractivity contribution in [2.24, 2.45) is 10.7 Å². The molecule has 1 atom stereocenters. The molecule has 30 heavy (non-hydrogen) atoms. The Hall–Kier alpha value is -3.25. The molecule has 1 aromatic carbocycles. The average molecular weight is 436 g/mol. The molecule has 0 bridgehead atoms. The number of benzene rings is 1. The summed E-state index contributed by atoms with van der Waals surface area (Å²) in [6, 6.07) is 2.50. The van der Waals surface area contributed by atoms with Gasteiger partial charge in [0.1, 0.15) is 5.82 Å². The van der Waals surface area contributed by atoms with E-state index < -0.39 is 65.6 Å². The molecule has 3 N–H and O–H groups in total. The van der Waals surface area contributed by atoms with Gasteiger partial charge in [-0.3, -0.25) is 4.79 Å². The molecule has 3 rings (SSSR count). The molecule has 7 nitrogen and oxygen atoms in total. The number of nitrogens with one attached hydrogen (secondary N) is 1. The molecular weight excluding hydrogens is 422 g/mol. The third-order valence-electron chi connectivity index (χ3n) is 4.50. The SMILES string of the molecule is C[C@]1(c2cc(CNC(=O)c3ncoc3C(F)(F)F)ccc2F)N=C(N)OCC1(F)F. The number of nitrogens with zero attached hydrogens (tertiary/aromatic N) is 2. The molecule has 2 heterocycles. The Kier molecular flexibility index (Phi) is 5.16. The van der Waals surface area contributed by atoms with Crippen molar-refractivity contribution in [1.82, 2.24) is 10.3 Å². The number of carbonyl (C=O) groups excluding carboxylic acids is 1. The number of oxazole rings is 1. The van der Waals surface area contributed by atoms with E-state index in [1.54, 1.807) is 0 Å². The zero-order chi connectivity index (χ0) is 22.3. The molecule has 0 unspecified atom stereocenters. The van der Waals surface area contributed by atoms with Crippen LogP contribution in [0, 0.1) is 5.82 Å². The summed E-state index contributed by atoms with van der Waals surface area (Å²) in [7, 11) is 0. The van der Waals surface area contributed by atoms with Crippen LogP contribution in [0.5, 0.6) is 0 Å². The fourth-order valence-electron chi connectivity index (χ4n) is 2.83. The Morgan fingerprint density at radius 2 is 2.03 bits per heavy atom. The highest BCUT2D eigenvalue weighted by Crippen LogP contribution is 2.44. The van der Waals surface area contributed by atoms with E-state index in [0.717, 1.165) is 19.1 Å². The van der Waals surface area contributed by atoms with Crippen LogP contribution in [0.1, 0.15) is 34.3 Å². The number of amidine groups is 1. The lowest BCUT2D eigenvalue weighted by Gasteiger charge is -2.37. The van der Waals surface area contributed by atoms with Gasteiger partial charge >= 0.3 is 12.1 Å². The zero-order valence-corrected chi connectivity index (χ0v) is 15.2. The number of rotatable bonds is 4. The second-order valence-electron chi connectivity index (χ2n) is 6.54. The molecular formula is C17H14F6N4O3. The maximum Gasteiger partial charge on any atom is 0.452 e. The summed E-state index contributed by atoms with van der Waals surface area (Å²) >= 11 is 0.